The van der Waals surface area contributed by atoms with Gasteiger partial charge in [0.25, 0.3) is 5.91 Å². The van der Waals surface area contributed by atoms with E-state index >= 15 is 0 Å². The number of halogens is 1. The standard InChI is InChI=1S/C15H11BrN4O/c16-9-3-1-4-11-13(9)15(21)19-6-2-5-12(19)14-10(7-17)18-8-20(11)14/h1,3-4,8,12H,2,5-6H2/t12-/m0/s1. The average Bonchev–Trinajstić information content (AvgIpc) is 3.10. The number of nitriles is 1. The van der Waals surface area contributed by atoms with Gasteiger partial charge in [-0.3, -0.25) is 9.36 Å². The van der Waals surface area contributed by atoms with E-state index in [1.54, 1.807) is 6.33 Å². The molecule has 0 radical (unpaired) electrons. The second-order valence-corrected chi connectivity index (χ2v) is 6.11. The molecule has 1 saturated heterocycles. The summed E-state index contributed by atoms with van der Waals surface area (Å²) < 4.78 is 2.67. The Hall–Kier alpha value is -2.13. The van der Waals surface area contributed by atoms with Gasteiger partial charge in [0, 0.05) is 11.0 Å². The smallest absolute Gasteiger partial charge is 0.257 e. The molecule has 0 bridgehead atoms. The topological polar surface area (TPSA) is 61.9 Å². The molecular weight excluding hydrogens is 332 g/mol. The summed E-state index contributed by atoms with van der Waals surface area (Å²) in [6.07, 6.45) is 3.47. The third kappa shape index (κ3) is 1.61. The van der Waals surface area contributed by atoms with Gasteiger partial charge < -0.3 is 4.90 Å². The Kier molecular flexibility index (Phi) is 2.66. The van der Waals surface area contributed by atoms with Crippen molar-refractivity contribution in [2.24, 2.45) is 0 Å². The molecule has 2 aromatic rings. The Morgan fingerprint density at radius 1 is 1.43 bits per heavy atom. The molecule has 0 unspecified atom stereocenters. The van der Waals surface area contributed by atoms with E-state index in [0.717, 1.165) is 35.2 Å². The molecule has 4 rings (SSSR count). The van der Waals surface area contributed by atoms with Crippen LogP contribution in [0, 0.1) is 11.3 Å². The van der Waals surface area contributed by atoms with Gasteiger partial charge in [-0.05, 0) is 40.9 Å². The van der Waals surface area contributed by atoms with Crippen molar-refractivity contribution in [2.45, 2.75) is 18.9 Å². The van der Waals surface area contributed by atoms with E-state index in [0.29, 0.717) is 11.3 Å². The number of benzene rings is 1. The van der Waals surface area contributed by atoms with Crippen LogP contribution in [0.5, 0.6) is 0 Å². The predicted molar refractivity (Wildman–Crippen MR) is 79.0 cm³/mol. The number of nitrogens with zero attached hydrogens (tertiary/aromatic N) is 4. The first kappa shape index (κ1) is 12.6. The van der Waals surface area contributed by atoms with Crippen LogP contribution in [0.25, 0.3) is 5.69 Å². The first-order valence-electron chi connectivity index (χ1n) is 6.79. The van der Waals surface area contributed by atoms with E-state index in [-0.39, 0.29) is 11.9 Å². The minimum absolute atomic E-state index is 0.0209. The lowest BCUT2D eigenvalue weighted by atomic mass is 10.1. The van der Waals surface area contributed by atoms with Gasteiger partial charge in [-0.15, -0.1) is 0 Å². The van der Waals surface area contributed by atoms with Gasteiger partial charge in [-0.1, -0.05) is 6.07 Å². The highest BCUT2D eigenvalue weighted by atomic mass is 79.9. The molecule has 1 amide bonds. The minimum atomic E-state index is -0.0612. The number of fused-ring (bicyclic) bond motifs is 5. The number of imidazole rings is 1. The third-order valence-corrected chi connectivity index (χ3v) is 4.87. The van der Waals surface area contributed by atoms with E-state index in [4.69, 9.17) is 0 Å². The third-order valence-electron chi connectivity index (χ3n) is 4.20. The van der Waals surface area contributed by atoms with Crippen molar-refractivity contribution in [2.75, 3.05) is 6.54 Å². The van der Waals surface area contributed by atoms with Crippen LogP contribution >= 0.6 is 15.9 Å². The first-order chi connectivity index (χ1) is 10.2. The number of carbonyl (C=O) groups excluding carboxylic acids is 1. The summed E-state index contributed by atoms with van der Waals surface area (Å²) in [6.45, 7) is 0.723. The maximum absolute atomic E-state index is 12.9. The van der Waals surface area contributed by atoms with Crippen LogP contribution in [-0.4, -0.2) is 26.9 Å². The Balaban J connectivity index is 2.09. The van der Waals surface area contributed by atoms with Gasteiger partial charge in [0.05, 0.1) is 23.0 Å². The van der Waals surface area contributed by atoms with Crippen molar-refractivity contribution in [1.29, 1.82) is 5.26 Å². The molecule has 0 saturated carbocycles. The van der Waals surface area contributed by atoms with Crippen molar-refractivity contribution in [3.63, 3.8) is 0 Å². The number of hydrogen-bond donors (Lipinski definition) is 0. The zero-order valence-corrected chi connectivity index (χ0v) is 12.7. The average molecular weight is 343 g/mol. The Morgan fingerprint density at radius 3 is 3.10 bits per heavy atom. The van der Waals surface area contributed by atoms with Crippen LogP contribution in [0.4, 0.5) is 0 Å². The van der Waals surface area contributed by atoms with Crippen molar-refractivity contribution in [1.82, 2.24) is 14.5 Å². The Bertz CT molecular complexity index is 804. The zero-order valence-electron chi connectivity index (χ0n) is 11.1. The number of rotatable bonds is 0. The molecule has 1 atom stereocenters. The fourth-order valence-electron chi connectivity index (χ4n) is 3.32. The van der Waals surface area contributed by atoms with E-state index in [1.807, 2.05) is 27.7 Å². The maximum Gasteiger partial charge on any atom is 0.257 e. The van der Waals surface area contributed by atoms with Gasteiger partial charge in [-0.25, -0.2) is 4.98 Å². The van der Waals surface area contributed by atoms with E-state index in [1.165, 1.54) is 0 Å². The highest BCUT2D eigenvalue weighted by molar-refractivity contribution is 9.10. The number of carbonyl (C=O) groups is 1. The van der Waals surface area contributed by atoms with E-state index < -0.39 is 0 Å². The molecule has 1 fully saturated rings. The van der Waals surface area contributed by atoms with Crippen LogP contribution in [-0.2, 0) is 0 Å². The second kappa shape index (κ2) is 4.43. The molecule has 5 nitrogen and oxygen atoms in total. The van der Waals surface area contributed by atoms with Gasteiger partial charge in [-0.2, -0.15) is 5.26 Å². The summed E-state index contributed by atoms with van der Waals surface area (Å²) >= 11 is 3.48. The van der Waals surface area contributed by atoms with Gasteiger partial charge in [0.1, 0.15) is 12.4 Å². The number of hydrogen-bond acceptors (Lipinski definition) is 3. The minimum Gasteiger partial charge on any atom is -0.330 e. The Morgan fingerprint density at radius 2 is 2.29 bits per heavy atom. The largest absolute Gasteiger partial charge is 0.330 e. The van der Waals surface area contributed by atoms with Crippen LogP contribution in [0.2, 0.25) is 0 Å². The first-order valence-corrected chi connectivity index (χ1v) is 7.59. The monoisotopic (exact) mass is 342 g/mol. The lowest BCUT2D eigenvalue weighted by Gasteiger charge is -2.22. The fourth-order valence-corrected chi connectivity index (χ4v) is 3.84. The van der Waals surface area contributed by atoms with Crippen molar-refractivity contribution in [3.8, 4) is 11.8 Å². The summed E-state index contributed by atoms with van der Waals surface area (Å²) in [5.41, 5.74) is 2.67. The fraction of sp³-hybridized carbons (Fsp3) is 0.267. The summed E-state index contributed by atoms with van der Waals surface area (Å²) in [6, 6.07) is 7.75. The lowest BCUT2D eigenvalue weighted by Crippen LogP contribution is -2.30. The van der Waals surface area contributed by atoms with E-state index in [9.17, 15) is 10.1 Å². The molecule has 0 N–H and O–H groups in total. The highest BCUT2D eigenvalue weighted by Gasteiger charge is 2.39. The predicted octanol–water partition coefficient (Wildman–Crippen LogP) is 2.80. The number of amides is 1. The molecule has 6 heteroatoms. The quantitative estimate of drug-likeness (QED) is 0.739. The van der Waals surface area contributed by atoms with Crippen LogP contribution in [0.3, 0.4) is 0 Å². The SMILES string of the molecule is N#Cc1ncn2c1[C@@H]1CCCN1C(=O)c1c(Br)cccc1-2. The highest BCUT2D eigenvalue weighted by Crippen LogP contribution is 2.41. The van der Waals surface area contributed by atoms with E-state index in [2.05, 4.69) is 27.0 Å². The van der Waals surface area contributed by atoms with Crippen LogP contribution < -0.4 is 0 Å². The summed E-state index contributed by atoms with van der Waals surface area (Å²) in [4.78, 5) is 19.0. The normalized spacial score (nSPS) is 19.5. The van der Waals surface area contributed by atoms with Crippen molar-refractivity contribution < 1.29 is 4.79 Å². The van der Waals surface area contributed by atoms with Crippen molar-refractivity contribution >= 4 is 21.8 Å². The molecule has 2 aliphatic heterocycles. The van der Waals surface area contributed by atoms with Gasteiger partial charge in [0.15, 0.2) is 5.69 Å². The summed E-state index contributed by atoms with van der Waals surface area (Å²) in [5, 5.41) is 9.32. The van der Waals surface area contributed by atoms with Gasteiger partial charge in [0.2, 0.25) is 0 Å². The molecule has 2 aliphatic rings. The number of aromatic nitrogens is 2. The summed E-state index contributed by atoms with van der Waals surface area (Å²) in [5.74, 6) is 0.0209. The van der Waals surface area contributed by atoms with Crippen LogP contribution in [0.15, 0.2) is 29.0 Å². The summed E-state index contributed by atoms with van der Waals surface area (Å²) in [7, 11) is 0. The van der Waals surface area contributed by atoms with Gasteiger partial charge >= 0.3 is 0 Å². The molecule has 1 aromatic heterocycles. The molecule has 21 heavy (non-hydrogen) atoms. The maximum atomic E-state index is 12.9. The lowest BCUT2D eigenvalue weighted by molar-refractivity contribution is 0.0737. The molecule has 3 heterocycles. The molecule has 0 spiro atoms. The molecule has 1 aromatic carbocycles. The molecular formula is C15H11BrN4O. The second-order valence-electron chi connectivity index (χ2n) is 5.25. The zero-order chi connectivity index (χ0) is 14.6. The van der Waals surface area contributed by atoms with Crippen LogP contribution in [0.1, 0.15) is 40.6 Å². The molecule has 104 valence electrons. The van der Waals surface area contributed by atoms with Crippen molar-refractivity contribution in [3.05, 3.63) is 46.0 Å². The Labute approximate surface area is 129 Å². The molecule has 0 aliphatic carbocycles.